The summed E-state index contributed by atoms with van der Waals surface area (Å²) in [5.41, 5.74) is 2.48. The van der Waals surface area contributed by atoms with Gasteiger partial charge in [0.15, 0.2) is 0 Å². The molecule has 1 atom stereocenters. The highest BCUT2D eigenvalue weighted by Gasteiger charge is 2.44. The van der Waals surface area contributed by atoms with Gasteiger partial charge in [-0.25, -0.2) is 0 Å². The van der Waals surface area contributed by atoms with Crippen molar-refractivity contribution in [3.8, 4) is 5.75 Å². The molecule has 2 aliphatic heterocycles. The lowest BCUT2D eigenvalue weighted by Crippen LogP contribution is -2.27. The monoisotopic (exact) mass is 373 g/mol. The first kappa shape index (κ1) is 12.5. The maximum absolute atomic E-state index is 12.1. The van der Waals surface area contributed by atoms with E-state index >= 15 is 0 Å². The maximum atomic E-state index is 12.1. The van der Waals surface area contributed by atoms with Crippen molar-refractivity contribution in [2.45, 2.75) is 31.8 Å². The highest BCUT2D eigenvalue weighted by atomic mass is 79.9. The molecule has 0 radical (unpaired) electrons. The van der Waals surface area contributed by atoms with E-state index in [1.807, 2.05) is 13.8 Å². The van der Waals surface area contributed by atoms with Crippen LogP contribution in [0.15, 0.2) is 10.5 Å². The normalized spacial score (nSPS) is 23.3. The molecule has 1 aromatic carbocycles. The topological polar surface area (TPSA) is 38.3 Å². The molecule has 0 aromatic heterocycles. The summed E-state index contributed by atoms with van der Waals surface area (Å²) in [6.07, 6.45) is 1.04. The van der Waals surface area contributed by atoms with E-state index in [1.165, 1.54) is 5.56 Å². The first-order valence-electron chi connectivity index (χ1n) is 5.85. The van der Waals surface area contributed by atoms with Gasteiger partial charge in [0.05, 0.1) is 11.1 Å². The smallest absolute Gasteiger partial charge is 0.234 e. The minimum Gasteiger partial charge on any atom is -0.489 e. The number of ether oxygens (including phenoxy) is 1. The molecule has 3 rings (SSSR count). The van der Waals surface area contributed by atoms with E-state index in [4.69, 9.17) is 4.74 Å². The zero-order valence-electron chi connectivity index (χ0n) is 10.1. The van der Waals surface area contributed by atoms with E-state index in [1.54, 1.807) is 0 Å². The molecule has 1 unspecified atom stereocenters. The average molecular weight is 375 g/mol. The largest absolute Gasteiger partial charge is 0.489 e. The van der Waals surface area contributed by atoms with E-state index in [2.05, 4.69) is 43.2 Å². The number of fused-ring (bicyclic) bond motifs is 3. The van der Waals surface area contributed by atoms with Crippen LogP contribution in [0.4, 0.5) is 5.69 Å². The third-order valence-corrected chi connectivity index (χ3v) is 4.99. The standard InChI is InChI=1S/C13H13Br2NO2/c1-13(2)9-10(16-12(13)17)8(15)4-6-3-7(5-14)18-11(6)9/h4,7H,3,5H2,1-2H3,(H,16,17). The number of rotatable bonds is 1. The molecule has 0 fully saturated rings. The van der Waals surface area contributed by atoms with Crippen molar-refractivity contribution < 1.29 is 9.53 Å². The highest BCUT2D eigenvalue weighted by Crippen LogP contribution is 2.50. The Kier molecular flexibility index (Phi) is 2.75. The second kappa shape index (κ2) is 3.97. The van der Waals surface area contributed by atoms with Crippen LogP contribution >= 0.6 is 31.9 Å². The van der Waals surface area contributed by atoms with Crippen LogP contribution in [0.5, 0.6) is 5.75 Å². The summed E-state index contributed by atoms with van der Waals surface area (Å²) in [7, 11) is 0. The molecule has 2 heterocycles. The Hall–Kier alpha value is -0.550. The lowest BCUT2D eigenvalue weighted by atomic mass is 9.84. The summed E-state index contributed by atoms with van der Waals surface area (Å²) in [6, 6.07) is 2.05. The van der Waals surface area contributed by atoms with Gasteiger partial charge in [0, 0.05) is 21.8 Å². The van der Waals surface area contributed by atoms with Gasteiger partial charge in [0.1, 0.15) is 11.9 Å². The average Bonchev–Trinajstić information content (AvgIpc) is 2.80. The van der Waals surface area contributed by atoms with Gasteiger partial charge in [-0.05, 0) is 41.4 Å². The maximum Gasteiger partial charge on any atom is 0.234 e. The Labute approximate surface area is 123 Å². The van der Waals surface area contributed by atoms with Crippen molar-refractivity contribution in [1.82, 2.24) is 0 Å². The number of amides is 1. The SMILES string of the molecule is CC1(C)C(=O)Nc2c(Br)cc3c(c21)OC(CBr)C3. The van der Waals surface area contributed by atoms with Crippen LogP contribution in [0, 0.1) is 0 Å². The van der Waals surface area contributed by atoms with Crippen molar-refractivity contribution in [3.05, 3.63) is 21.7 Å². The number of carbonyl (C=O) groups is 1. The lowest BCUT2D eigenvalue weighted by molar-refractivity contribution is -0.119. The first-order chi connectivity index (χ1) is 8.45. The van der Waals surface area contributed by atoms with Gasteiger partial charge in [-0.3, -0.25) is 4.79 Å². The summed E-state index contributed by atoms with van der Waals surface area (Å²) in [6.45, 7) is 3.87. The van der Waals surface area contributed by atoms with Crippen LogP contribution in [0.2, 0.25) is 0 Å². The molecule has 0 saturated heterocycles. The molecule has 1 aromatic rings. The number of halogens is 2. The lowest BCUT2D eigenvalue weighted by Gasteiger charge is -2.19. The number of nitrogens with one attached hydrogen (secondary N) is 1. The van der Waals surface area contributed by atoms with Crippen molar-refractivity contribution in [2.24, 2.45) is 0 Å². The van der Waals surface area contributed by atoms with Gasteiger partial charge >= 0.3 is 0 Å². The van der Waals surface area contributed by atoms with Gasteiger partial charge in [0.25, 0.3) is 0 Å². The second-order valence-electron chi connectivity index (χ2n) is 5.27. The second-order valence-corrected chi connectivity index (χ2v) is 6.78. The summed E-state index contributed by atoms with van der Waals surface area (Å²) < 4.78 is 6.92. The van der Waals surface area contributed by atoms with E-state index in [0.717, 1.165) is 33.2 Å². The summed E-state index contributed by atoms with van der Waals surface area (Å²) >= 11 is 7.00. The Balaban J connectivity index is 2.22. The van der Waals surface area contributed by atoms with Crippen molar-refractivity contribution in [1.29, 1.82) is 0 Å². The van der Waals surface area contributed by atoms with Crippen LogP contribution in [-0.2, 0) is 16.6 Å². The summed E-state index contributed by atoms with van der Waals surface area (Å²) in [5.74, 6) is 0.915. The third-order valence-electron chi connectivity index (χ3n) is 3.64. The molecule has 0 spiro atoms. The number of hydrogen-bond acceptors (Lipinski definition) is 2. The Bertz CT molecular complexity index is 554. The van der Waals surface area contributed by atoms with Crippen LogP contribution in [0.3, 0.4) is 0 Å². The van der Waals surface area contributed by atoms with E-state index in [-0.39, 0.29) is 12.0 Å². The van der Waals surface area contributed by atoms with Crippen molar-refractivity contribution in [3.63, 3.8) is 0 Å². The molecular formula is C13H13Br2NO2. The van der Waals surface area contributed by atoms with E-state index < -0.39 is 5.41 Å². The molecule has 1 N–H and O–H groups in total. The number of anilines is 1. The molecule has 1 amide bonds. The third kappa shape index (κ3) is 1.56. The van der Waals surface area contributed by atoms with Crippen molar-refractivity contribution >= 4 is 43.5 Å². The molecule has 0 aliphatic carbocycles. The molecule has 18 heavy (non-hydrogen) atoms. The zero-order chi connectivity index (χ0) is 13.1. The highest BCUT2D eigenvalue weighted by molar-refractivity contribution is 9.10. The summed E-state index contributed by atoms with van der Waals surface area (Å²) in [5, 5.41) is 3.74. The number of benzene rings is 1. The van der Waals surface area contributed by atoms with Gasteiger partial charge < -0.3 is 10.1 Å². The van der Waals surface area contributed by atoms with Crippen LogP contribution in [0.25, 0.3) is 0 Å². The molecule has 3 nitrogen and oxygen atoms in total. The molecule has 0 saturated carbocycles. The fourth-order valence-corrected chi connectivity index (χ4v) is 3.55. The Morgan fingerprint density at radius 2 is 2.28 bits per heavy atom. The Morgan fingerprint density at radius 3 is 2.94 bits per heavy atom. The van der Waals surface area contributed by atoms with Gasteiger partial charge in [0.2, 0.25) is 5.91 Å². The number of hydrogen-bond donors (Lipinski definition) is 1. The minimum atomic E-state index is -0.537. The number of carbonyl (C=O) groups excluding carboxylic acids is 1. The number of alkyl halides is 1. The van der Waals surface area contributed by atoms with Crippen LogP contribution < -0.4 is 10.1 Å². The van der Waals surface area contributed by atoms with Crippen LogP contribution in [-0.4, -0.2) is 17.3 Å². The zero-order valence-corrected chi connectivity index (χ0v) is 13.3. The van der Waals surface area contributed by atoms with E-state index in [9.17, 15) is 4.79 Å². The summed E-state index contributed by atoms with van der Waals surface area (Å²) in [4.78, 5) is 12.1. The molecule has 5 heteroatoms. The predicted octanol–water partition coefficient (Wildman–Crippen LogP) is 3.38. The molecule has 96 valence electrons. The fraction of sp³-hybridized carbons (Fsp3) is 0.462. The fourth-order valence-electron chi connectivity index (χ4n) is 2.61. The van der Waals surface area contributed by atoms with Gasteiger partial charge in [-0.1, -0.05) is 15.9 Å². The van der Waals surface area contributed by atoms with Gasteiger partial charge in [-0.15, -0.1) is 0 Å². The Morgan fingerprint density at radius 1 is 1.56 bits per heavy atom. The quantitative estimate of drug-likeness (QED) is 0.765. The molecular weight excluding hydrogens is 362 g/mol. The van der Waals surface area contributed by atoms with Gasteiger partial charge in [-0.2, -0.15) is 0 Å². The molecule has 2 aliphatic rings. The predicted molar refractivity (Wildman–Crippen MR) is 77.7 cm³/mol. The minimum absolute atomic E-state index is 0.0255. The van der Waals surface area contributed by atoms with Crippen molar-refractivity contribution in [2.75, 3.05) is 10.6 Å². The van der Waals surface area contributed by atoms with Crippen LogP contribution in [0.1, 0.15) is 25.0 Å². The first-order valence-corrected chi connectivity index (χ1v) is 7.76. The molecule has 0 bridgehead atoms. The van der Waals surface area contributed by atoms with E-state index in [0.29, 0.717) is 0 Å².